The van der Waals surface area contributed by atoms with Gasteiger partial charge in [0.15, 0.2) is 5.82 Å². The van der Waals surface area contributed by atoms with Crippen molar-refractivity contribution in [3.05, 3.63) is 28.0 Å². The highest BCUT2D eigenvalue weighted by Gasteiger charge is 2.18. The third-order valence-electron chi connectivity index (χ3n) is 2.46. The van der Waals surface area contributed by atoms with Gasteiger partial charge in [-0.25, -0.2) is 4.98 Å². The number of fused-ring (bicyclic) bond motifs is 1. The Morgan fingerprint density at radius 2 is 2.00 bits per heavy atom. The van der Waals surface area contributed by atoms with Crippen LogP contribution in [0.25, 0.3) is 11.0 Å². The maximum atomic E-state index is 11.8. The van der Waals surface area contributed by atoms with E-state index in [4.69, 9.17) is 28.3 Å². The number of halogens is 2. The summed E-state index contributed by atoms with van der Waals surface area (Å²) in [7, 11) is 0. The topological polar surface area (TPSA) is 95.1 Å². The van der Waals surface area contributed by atoms with Crippen LogP contribution in [-0.2, 0) is 4.79 Å². The number of amides is 1. The first-order chi connectivity index (χ1) is 8.88. The highest BCUT2D eigenvalue weighted by atomic mass is 35.5. The van der Waals surface area contributed by atoms with E-state index in [2.05, 4.69) is 15.3 Å². The monoisotopic (exact) mass is 301 g/mol. The molecule has 0 fully saturated rings. The van der Waals surface area contributed by atoms with Crippen molar-refractivity contribution in [3.63, 3.8) is 0 Å². The van der Waals surface area contributed by atoms with Gasteiger partial charge in [0.25, 0.3) is 5.91 Å². The van der Waals surface area contributed by atoms with Crippen molar-refractivity contribution in [2.75, 3.05) is 0 Å². The molecule has 6 nitrogen and oxygen atoms in total. The molecule has 1 atom stereocenters. The Balaban J connectivity index is 2.31. The van der Waals surface area contributed by atoms with Crippen LogP contribution in [0.5, 0.6) is 0 Å². The van der Waals surface area contributed by atoms with Crippen molar-refractivity contribution < 1.29 is 14.7 Å². The van der Waals surface area contributed by atoms with Crippen LogP contribution in [0.2, 0.25) is 10.0 Å². The first kappa shape index (κ1) is 13.6. The van der Waals surface area contributed by atoms with Gasteiger partial charge in [0.2, 0.25) is 0 Å². The molecule has 0 saturated carbocycles. The van der Waals surface area contributed by atoms with Crippen LogP contribution in [0.3, 0.4) is 0 Å². The van der Waals surface area contributed by atoms with Gasteiger partial charge in [0.1, 0.15) is 6.04 Å². The number of carbonyl (C=O) groups is 2. The minimum atomic E-state index is -1.13. The summed E-state index contributed by atoms with van der Waals surface area (Å²) in [6.07, 6.45) is 0. The molecular weight excluding hydrogens is 293 g/mol. The van der Waals surface area contributed by atoms with Crippen LogP contribution in [0.1, 0.15) is 17.5 Å². The minimum absolute atomic E-state index is 0.00133. The van der Waals surface area contributed by atoms with Gasteiger partial charge < -0.3 is 15.4 Å². The van der Waals surface area contributed by atoms with Crippen molar-refractivity contribution >= 4 is 46.1 Å². The zero-order valence-corrected chi connectivity index (χ0v) is 11.2. The van der Waals surface area contributed by atoms with Gasteiger partial charge in [0.05, 0.1) is 21.1 Å². The summed E-state index contributed by atoms with van der Waals surface area (Å²) in [5, 5.41) is 11.7. The number of benzene rings is 1. The normalized spacial score (nSPS) is 12.4. The summed E-state index contributed by atoms with van der Waals surface area (Å²) in [5.74, 6) is -1.74. The number of carboxylic acids is 1. The van der Waals surface area contributed by atoms with E-state index in [1.165, 1.54) is 13.0 Å². The molecule has 0 spiro atoms. The summed E-state index contributed by atoms with van der Waals surface area (Å²) in [5.41, 5.74) is 1.02. The number of nitrogens with one attached hydrogen (secondary N) is 2. The van der Waals surface area contributed by atoms with E-state index < -0.39 is 17.9 Å². The molecular formula is C11H9Cl2N3O3. The van der Waals surface area contributed by atoms with E-state index in [-0.39, 0.29) is 5.82 Å². The molecule has 19 heavy (non-hydrogen) atoms. The van der Waals surface area contributed by atoms with Gasteiger partial charge in [-0.3, -0.25) is 9.59 Å². The Bertz CT molecular complexity index is 629. The zero-order valence-electron chi connectivity index (χ0n) is 9.70. The summed E-state index contributed by atoms with van der Waals surface area (Å²) < 4.78 is 0. The number of rotatable bonds is 3. The van der Waals surface area contributed by atoms with Gasteiger partial charge in [0, 0.05) is 0 Å². The summed E-state index contributed by atoms with van der Waals surface area (Å²) in [4.78, 5) is 29.2. The van der Waals surface area contributed by atoms with Gasteiger partial charge in [-0.05, 0) is 19.1 Å². The number of nitrogens with zero attached hydrogens (tertiary/aromatic N) is 1. The predicted molar refractivity (Wildman–Crippen MR) is 70.7 cm³/mol. The summed E-state index contributed by atoms with van der Waals surface area (Å²) in [6.45, 7) is 1.36. The molecule has 1 aromatic carbocycles. The molecule has 0 aliphatic carbocycles. The van der Waals surface area contributed by atoms with Crippen LogP contribution < -0.4 is 5.32 Å². The number of hydrogen-bond donors (Lipinski definition) is 3. The first-order valence-corrected chi connectivity index (χ1v) is 6.02. The van der Waals surface area contributed by atoms with E-state index >= 15 is 0 Å². The van der Waals surface area contributed by atoms with E-state index in [9.17, 15) is 9.59 Å². The molecule has 2 rings (SSSR count). The molecule has 1 amide bonds. The summed E-state index contributed by atoms with van der Waals surface area (Å²) >= 11 is 11.7. The average molecular weight is 302 g/mol. The number of carbonyl (C=O) groups excluding carboxylic acids is 1. The Morgan fingerprint density at radius 1 is 1.37 bits per heavy atom. The van der Waals surface area contributed by atoms with Gasteiger partial charge in [-0.15, -0.1) is 0 Å². The third-order valence-corrected chi connectivity index (χ3v) is 3.18. The van der Waals surface area contributed by atoms with Crippen molar-refractivity contribution in [3.8, 4) is 0 Å². The summed E-state index contributed by atoms with van der Waals surface area (Å²) in [6, 6.07) is 2.06. The lowest BCUT2D eigenvalue weighted by molar-refractivity contribution is -0.138. The quantitative estimate of drug-likeness (QED) is 0.809. The number of aromatic nitrogens is 2. The van der Waals surface area contributed by atoms with Crippen LogP contribution in [0.4, 0.5) is 0 Å². The van der Waals surface area contributed by atoms with Crippen LogP contribution in [0, 0.1) is 0 Å². The number of aromatic amines is 1. The molecule has 1 aromatic heterocycles. The van der Waals surface area contributed by atoms with Crippen LogP contribution in [0.15, 0.2) is 12.1 Å². The zero-order chi connectivity index (χ0) is 14.2. The maximum Gasteiger partial charge on any atom is 0.325 e. The molecule has 0 unspecified atom stereocenters. The number of aliphatic carboxylic acids is 1. The van der Waals surface area contributed by atoms with Gasteiger partial charge in [-0.2, -0.15) is 0 Å². The second kappa shape index (κ2) is 5.07. The highest BCUT2D eigenvalue weighted by Crippen LogP contribution is 2.26. The lowest BCUT2D eigenvalue weighted by Gasteiger charge is -2.06. The molecule has 0 bridgehead atoms. The van der Waals surface area contributed by atoms with E-state index in [1.807, 2.05) is 0 Å². The van der Waals surface area contributed by atoms with E-state index in [0.29, 0.717) is 21.1 Å². The second-order valence-electron chi connectivity index (χ2n) is 3.90. The molecule has 0 aliphatic rings. The maximum absolute atomic E-state index is 11.8. The second-order valence-corrected chi connectivity index (χ2v) is 4.72. The van der Waals surface area contributed by atoms with Crippen LogP contribution >= 0.6 is 23.2 Å². The van der Waals surface area contributed by atoms with E-state index in [1.54, 1.807) is 6.07 Å². The SMILES string of the molecule is C[C@@H](NC(=O)c1nc2cc(Cl)c(Cl)cc2[nH]1)C(=O)O. The molecule has 0 aliphatic heterocycles. The van der Waals surface area contributed by atoms with Crippen LogP contribution in [-0.4, -0.2) is 33.0 Å². The lowest BCUT2D eigenvalue weighted by atomic mass is 10.3. The molecule has 0 radical (unpaired) electrons. The molecule has 2 aromatic rings. The highest BCUT2D eigenvalue weighted by molar-refractivity contribution is 6.42. The van der Waals surface area contributed by atoms with Gasteiger partial charge in [-0.1, -0.05) is 23.2 Å². The smallest absolute Gasteiger partial charge is 0.325 e. The fourth-order valence-electron chi connectivity index (χ4n) is 1.44. The number of H-pyrrole nitrogens is 1. The first-order valence-electron chi connectivity index (χ1n) is 5.27. The Hall–Kier alpha value is -1.79. The van der Waals surface area contributed by atoms with E-state index in [0.717, 1.165) is 0 Å². The number of imidazole rings is 1. The van der Waals surface area contributed by atoms with Crippen molar-refractivity contribution in [1.29, 1.82) is 0 Å². The fraction of sp³-hybridized carbons (Fsp3) is 0.182. The largest absolute Gasteiger partial charge is 0.480 e. The molecule has 1 heterocycles. The molecule has 8 heteroatoms. The molecule has 0 saturated heterocycles. The fourth-order valence-corrected chi connectivity index (χ4v) is 1.76. The standard InChI is InChI=1S/C11H9Cl2N3O3/c1-4(11(18)19)14-10(17)9-15-7-2-5(12)6(13)3-8(7)16-9/h2-4H,1H3,(H,14,17)(H,15,16)(H,18,19)/t4-/m1/s1. The Kier molecular flexibility index (Phi) is 3.64. The van der Waals surface area contributed by atoms with Crippen molar-refractivity contribution in [1.82, 2.24) is 15.3 Å². The number of carboxylic acid groups (broad SMARTS) is 1. The Morgan fingerprint density at radius 3 is 2.63 bits per heavy atom. The molecule has 3 N–H and O–H groups in total. The van der Waals surface area contributed by atoms with Gasteiger partial charge >= 0.3 is 5.97 Å². The van der Waals surface area contributed by atoms with Crippen molar-refractivity contribution in [2.45, 2.75) is 13.0 Å². The number of hydrogen-bond acceptors (Lipinski definition) is 3. The van der Waals surface area contributed by atoms with Crippen molar-refractivity contribution in [2.24, 2.45) is 0 Å². The molecule has 100 valence electrons. The Labute approximate surface area is 117 Å². The average Bonchev–Trinajstić information content (AvgIpc) is 2.72. The predicted octanol–water partition coefficient (Wildman–Crippen LogP) is 2.07. The lowest BCUT2D eigenvalue weighted by Crippen LogP contribution is -2.38. The third kappa shape index (κ3) is 2.80. The minimum Gasteiger partial charge on any atom is -0.480 e.